The molecule has 0 aliphatic heterocycles. The van der Waals surface area contributed by atoms with E-state index in [0.717, 1.165) is 6.07 Å². The Hall–Kier alpha value is -2.41. The summed E-state index contributed by atoms with van der Waals surface area (Å²) in [7, 11) is 1.37. The molecule has 104 valence electrons. The molecule has 0 atom stereocenters. The van der Waals surface area contributed by atoms with E-state index >= 15 is 0 Å². The van der Waals surface area contributed by atoms with E-state index in [0.29, 0.717) is 0 Å². The summed E-state index contributed by atoms with van der Waals surface area (Å²) in [6.07, 6.45) is 0. The Kier molecular flexibility index (Phi) is 3.99. The first-order valence-electron chi connectivity index (χ1n) is 5.29. The SMILES string of the molecule is COc1cc(Cl)nc(Oc2cccc(F)c2C(=O)O)n1. The minimum Gasteiger partial charge on any atom is -0.481 e. The van der Waals surface area contributed by atoms with Crippen LogP contribution >= 0.6 is 11.6 Å². The lowest BCUT2D eigenvalue weighted by molar-refractivity contribution is 0.0689. The van der Waals surface area contributed by atoms with Gasteiger partial charge in [-0.1, -0.05) is 17.7 Å². The van der Waals surface area contributed by atoms with Gasteiger partial charge in [-0.3, -0.25) is 0 Å². The van der Waals surface area contributed by atoms with E-state index in [-0.39, 0.29) is 22.8 Å². The number of carbonyl (C=O) groups is 1. The molecule has 0 saturated heterocycles. The molecule has 0 amide bonds. The van der Waals surface area contributed by atoms with Crippen molar-refractivity contribution < 1.29 is 23.8 Å². The van der Waals surface area contributed by atoms with E-state index in [9.17, 15) is 9.18 Å². The Balaban J connectivity index is 2.42. The first-order valence-corrected chi connectivity index (χ1v) is 5.67. The second-order valence-corrected chi connectivity index (χ2v) is 3.92. The second kappa shape index (κ2) is 5.70. The van der Waals surface area contributed by atoms with Crippen molar-refractivity contribution in [2.24, 2.45) is 0 Å². The largest absolute Gasteiger partial charge is 0.481 e. The summed E-state index contributed by atoms with van der Waals surface area (Å²) in [6.45, 7) is 0. The fraction of sp³-hybridized carbons (Fsp3) is 0.0833. The van der Waals surface area contributed by atoms with Crippen molar-refractivity contribution in [3.63, 3.8) is 0 Å². The number of aromatic nitrogens is 2. The van der Waals surface area contributed by atoms with Gasteiger partial charge in [-0.2, -0.15) is 9.97 Å². The predicted molar refractivity (Wildman–Crippen MR) is 67.0 cm³/mol. The number of nitrogens with zero attached hydrogens (tertiary/aromatic N) is 2. The highest BCUT2D eigenvalue weighted by Crippen LogP contribution is 2.27. The molecule has 0 unspecified atom stereocenters. The van der Waals surface area contributed by atoms with Gasteiger partial charge in [-0.05, 0) is 12.1 Å². The van der Waals surface area contributed by atoms with Crippen molar-refractivity contribution >= 4 is 17.6 Å². The lowest BCUT2D eigenvalue weighted by Crippen LogP contribution is -2.05. The van der Waals surface area contributed by atoms with Crippen molar-refractivity contribution in [2.75, 3.05) is 7.11 Å². The number of methoxy groups -OCH3 is 1. The number of ether oxygens (including phenoxy) is 2. The monoisotopic (exact) mass is 298 g/mol. The van der Waals surface area contributed by atoms with E-state index in [1.165, 1.54) is 25.3 Å². The third kappa shape index (κ3) is 2.94. The quantitative estimate of drug-likeness (QED) is 0.874. The zero-order chi connectivity index (χ0) is 14.7. The smallest absolute Gasteiger partial charge is 0.342 e. The van der Waals surface area contributed by atoms with Crippen molar-refractivity contribution in [1.29, 1.82) is 0 Å². The summed E-state index contributed by atoms with van der Waals surface area (Å²) >= 11 is 5.73. The second-order valence-electron chi connectivity index (χ2n) is 3.54. The molecule has 1 N–H and O–H groups in total. The Bertz CT molecular complexity index is 666. The third-order valence-corrected chi connectivity index (χ3v) is 2.44. The standard InChI is InChI=1S/C12H8ClFN2O4/c1-19-9-5-8(13)15-12(16-9)20-7-4-2-3-6(14)10(7)11(17)18/h2-5H,1H3,(H,17,18). The molecule has 0 radical (unpaired) electrons. The van der Waals surface area contributed by atoms with Crippen LogP contribution in [0.2, 0.25) is 5.15 Å². The number of aromatic carboxylic acids is 1. The number of halogens is 2. The van der Waals surface area contributed by atoms with Crippen LogP contribution < -0.4 is 9.47 Å². The van der Waals surface area contributed by atoms with Gasteiger partial charge in [0.2, 0.25) is 5.88 Å². The van der Waals surface area contributed by atoms with E-state index < -0.39 is 17.3 Å². The maximum absolute atomic E-state index is 13.5. The van der Waals surface area contributed by atoms with Crippen LogP contribution in [0.4, 0.5) is 4.39 Å². The van der Waals surface area contributed by atoms with Crippen LogP contribution in [-0.4, -0.2) is 28.2 Å². The van der Waals surface area contributed by atoms with Gasteiger partial charge in [0, 0.05) is 6.07 Å². The number of hydrogen-bond donors (Lipinski definition) is 1. The summed E-state index contributed by atoms with van der Waals surface area (Å²) in [5, 5.41) is 9.01. The summed E-state index contributed by atoms with van der Waals surface area (Å²) < 4.78 is 23.5. The van der Waals surface area contributed by atoms with Gasteiger partial charge >= 0.3 is 12.0 Å². The number of hydrogen-bond acceptors (Lipinski definition) is 5. The van der Waals surface area contributed by atoms with Crippen LogP contribution in [0.25, 0.3) is 0 Å². The molecule has 0 fully saturated rings. The summed E-state index contributed by atoms with van der Waals surface area (Å²) in [5.74, 6) is -2.49. The highest BCUT2D eigenvalue weighted by Gasteiger charge is 2.18. The highest BCUT2D eigenvalue weighted by molar-refractivity contribution is 6.29. The Morgan fingerprint density at radius 2 is 2.15 bits per heavy atom. The summed E-state index contributed by atoms with van der Waals surface area (Å²) in [5.41, 5.74) is -0.616. The van der Waals surface area contributed by atoms with E-state index in [2.05, 4.69) is 9.97 Å². The van der Waals surface area contributed by atoms with E-state index in [1.54, 1.807) is 0 Å². The first-order chi connectivity index (χ1) is 9.51. The van der Waals surface area contributed by atoms with Gasteiger partial charge in [0.05, 0.1) is 7.11 Å². The van der Waals surface area contributed by atoms with Crippen LogP contribution in [0, 0.1) is 5.82 Å². The minimum atomic E-state index is -1.47. The highest BCUT2D eigenvalue weighted by atomic mass is 35.5. The molecule has 1 heterocycles. The fourth-order valence-electron chi connectivity index (χ4n) is 1.42. The van der Waals surface area contributed by atoms with Gasteiger partial charge in [-0.15, -0.1) is 0 Å². The maximum atomic E-state index is 13.5. The molecule has 0 saturated carbocycles. The molecular formula is C12H8ClFN2O4. The molecule has 1 aromatic heterocycles. The molecule has 20 heavy (non-hydrogen) atoms. The van der Waals surface area contributed by atoms with Gasteiger partial charge in [0.1, 0.15) is 22.3 Å². The number of carboxylic acid groups (broad SMARTS) is 1. The summed E-state index contributed by atoms with van der Waals surface area (Å²) in [6, 6.07) is 4.69. The number of carboxylic acids is 1. The molecule has 1 aromatic carbocycles. The van der Waals surface area contributed by atoms with Crippen LogP contribution in [0.5, 0.6) is 17.6 Å². The van der Waals surface area contributed by atoms with Gasteiger partial charge in [0.15, 0.2) is 0 Å². The lowest BCUT2D eigenvalue weighted by atomic mass is 10.2. The van der Waals surface area contributed by atoms with Gasteiger partial charge in [-0.25, -0.2) is 9.18 Å². The predicted octanol–water partition coefficient (Wildman–Crippen LogP) is 2.77. The molecule has 0 bridgehead atoms. The van der Waals surface area contributed by atoms with E-state index in [4.69, 9.17) is 26.2 Å². The maximum Gasteiger partial charge on any atom is 0.342 e. The molecular weight excluding hydrogens is 291 g/mol. The van der Waals surface area contributed by atoms with Crippen molar-refractivity contribution in [3.05, 3.63) is 40.8 Å². The van der Waals surface area contributed by atoms with Crippen LogP contribution in [0.1, 0.15) is 10.4 Å². The Morgan fingerprint density at radius 1 is 1.40 bits per heavy atom. The third-order valence-electron chi connectivity index (χ3n) is 2.25. The molecule has 2 rings (SSSR count). The average Bonchev–Trinajstić information content (AvgIpc) is 2.37. The van der Waals surface area contributed by atoms with Crippen molar-refractivity contribution in [1.82, 2.24) is 9.97 Å². The first kappa shape index (κ1) is 14.0. The van der Waals surface area contributed by atoms with Gasteiger partial charge in [0.25, 0.3) is 0 Å². The molecule has 8 heteroatoms. The van der Waals surface area contributed by atoms with E-state index in [1.807, 2.05) is 0 Å². The number of benzene rings is 1. The zero-order valence-corrected chi connectivity index (χ0v) is 10.9. The lowest BCUT2D eigenvalue weighted by Gasteiger charge is -2.08. The molecule has 2 aromatic rings. The topological polar surface area (TPSA) is 81.5 Å². The molecule has 0 spiro atoms. The van der Waals surface area contributed by atoms with Crippen LogP contribution in [0.3, 0.4) is 0 Å². The van der Waals surface area contributed by atoms with Crippen LogP contribution in [-0.2, 0) is 0 Å². The zero-order valence-electron chi connectivity index (χ0n) is 10.1. The molecule has 0 aliphatic carbocycles. The average molecular weight is 299 g/mol. The molecule has 0 aliphatic rings. The van der Waals surface area contributed by atoms with Crippen molar-refractivity contribution in [3.8, 4) is 17.6 Å². The number of rotatable bonds is 4. The molecule has 6 nitrogen and oxygen atoms in total. The Labute approximate surface area is 117 Å². The van der Waals surface area contributed by atoms with Crippen molar-refractivity contribution in [2.45, 2.75) is 0 Å². The Morgan fingerprint density at radius 3 is 2.80 bits per heavy atom. The normalized spacial score (nSPS) is 10.2. The van der Waals surface area contributed by atoms with Gasteiger partial charge < -0.3 is 14.6 Å². The minimum absolute atomic E-state index is 0.0418. The summed E-state index contributed by atoms with van der Waals surface area (Å²) in [4.78, 5) is 18.6. The fourth-order valence-corrected chi connectivity index (χ4v) is 1.59. The van der Waals surface area contributed by atoms with Crippen LogP contribution in [0.15, 0.2) is 24.3 Å².